The molecule has 0 spiro atoms. The van der Waals surface area contributed by atoms with E-state index in [9.17, 15) is 9.59 Å². The maximum absolute atomic E-state index is 12.7. The third kappa shape index (κ3) is 2.02. The minimum absolute atomic E-state index is 0.00516. The largest absolute Gasteiger partial charge is 0.492 e. The van der Waals surface area contributed by atoms with Gasteiger partial charge in [-0.1, -0.05) is 39.0 Å². The lowest BCUT2D eigenvalue weighted by molar-refractivity contribution is -0.136. The Labute approximate surface area is 136 Å². The summed E-state index contributed by atoms with van der Waals surface area (Å²) in [6, 6.07) is 0. The lowest BCUT2D eigenvalue weighted by Crippen LogP contribution is -2.32. The topological polar surface area (TPSA) is 43.4 Å². The molecule has 0 bridgehead atoms. The van der Waals surface area contributed by atoms with Crippen molar-refractivity contribution in [3.63, 3.8) is 0 Å². The number of hydrogen-bond acceptors (Lipinski definition) is 3. The van der Waals surface area contributed by atoms with E-state index in [0.29, 0.717) is 17.9 Å². The summed E-state index contributed by atoms with van der Waals surface area (Å²) in [6.45, 7) is 6.95. The zero-order valence-corrected chi connectivity index (χ0v) is 13.9. The van der Waals surface area contributed by atoms with Crippen molar-refractivity contribution in [2.24, 2.45) is 17.3 Å². The van der Waals surface area contributed by atoms with E-state index in [1.807, 2.05) is 19.1 Å². The Morgan fingerprint density at radius 3 is 2.78 bits per heavy atom. The van der Waals surface area contributed by atoms with Crippen LogP contribution < -0.4 is 0 Å². The Bertz CT molecular complexity index is 743. The van der Waals surface area contributed by atoms with E-state index in [1.165, 1.54) is 11.1 Å². The van der Waals surface area contributed by atoms with Gasteiger partial charge < -0.3 is 4.74 Å². The summed E-state index contributed by atoms with van der Waals surface area (Å²) in [7, 11) is 0. The number of Topliss-reactive ketones (excluding diaryl/α,β-unsaturated/α-hetero) is 2. The number of allylic oxidation sites excluding steroid dienone is 6. The second-order valence-electron chi connectivity index (χ2n) is 7.76. The van der Waals surface area contributed by atoms with Crippen LogP contribution in [0.3, 0.4) is 0 Å². The number of fused-ring (bicyclic) bond motifs is 3. The van der Waals surface area contributed by atoms with Crippen LogP contribution in [0.1, 0.15) is 40.0 Å². The predicted octanol–water partition coefficient (Wildman–Crippen LogP) is 3.68. The highest BCUT2D eigenvalue weighted by Crippen LogP contribution is 2.47. The Balaban J connectivity index is 1.89. The summed E-state index contributed by atoms with van der Waals surface area (Å²) in [6.07, 6.45) is 9.47. The van der Waals surface area contributed by atoms with Gasteiger partial charge in [-0.05, 0) is 35.8 Å². The zero-order chi connectivity index (χ0) is 16.4. The molecule has 2 unspecified atom stereocenters. The lowest BCUT2D eigenvalue weighted by Gasteiger charge is -2.35. The number of rotatable bonds is 0. The predicted molar refractivity (Wildman–Crippen MR) is 87.5 cm³/mol. The number of carbonyl (C=O) groups is 2. The van der Waals surface area contributed by atoms with Gasteiger partial charge in [-0.15, -0.1) is 0 Å². The van der Waals surface area contributed by atoms with Crippen molar-refractivity contribution in [1.82, 2.24) is 0 Å². The van der Waals surface area contributed by atoms with Crippen LogP contribution in [0.2, 0.25) is 0 Å². The first-order chi connectivity index (χ1) is 10.9. The number of hydrogen-bond donors (Lipinski definition) is 0. The summed E-state index contributed by atoms with van der Waals surface area (Å²) < 4.78 is 5.80. The summed E-state index contributed by atoms with van der Waals surface area (Å²) in [4.78, 5) is 25.2. The number of ketones is 2. The van der Waals surface area contributed by atoms with Gasteiger partial charge in [0, 0.05) is 11.5 Å². The van der Waals surface area contributed by atoms with Crippen molar-refractivity contribution < 1.29 is 14.3 Å². The van der Waals surface area contributed by atoms with Gasteiger partial charge in [0.1, 0.15) is 5.76 Å². The quantitative estimate of drug-likeness (QED) is 0.641. The van der Waals surface area contributed by atoms with Gasteiger partial charge in [0.2, 0.25) is 11.6 Å². The molecule has 0 N–H and O–H groups in total. The van der Waals surface area contributed by atoms with E-state index in [1.54, 1.807) is 0 Å². The average Bonchev–Trinajstić information content (AvgIpc) is 2.75. The molecule has 23 heavy (non-hydrogen) atoms. The molecule has 120 valence electrons. The highest BCUT2D eigenvalue weighted by Gasteiger charge is 2.45. The first-order valence-corrected chi connectivity index (χ1v) is 8.49. The SMILES string of the molecule is CC1COC2=C1C(=O)C(=O)C1C=C3CCCC(C)(C)C3=CC=C21. The zero-order valence-electron chi connectivity index (χ0n) is 13.9. The maximum atomic E-state index is 12.7. The molecule has 4 rings (SSSR count). The second kappa shape index (κ2) is 4.80. The summed E-state index contributed by atoms with van der Waals surface area (Å²) in [5.74, 6) is -0.438. The van der Waals surface area contributed by atoms with Gasteiger partial charge >= 0.3 is 0 Å². The molecule has 3 nitrogen and oxygen atoms in total. The minimum atomic E-state index is -0.468. The van der Waals surface area contributed by atoms with Crippen molar-refractivity contribution >= 4 is 11.6 Å². The molecule has 3 aliphatic carbocycles. The molecule has 0 aromatic carbocycles. The molecule has 2 atom stereocenters. The second-order valence-corrected chi connectivity index (χ2v) is 7.76. The highest BCUT2D eigenvalue weighted by molar-refractivity contribution is 6.46. The lowest BCUT2D eigenvalue weighted by atomic mass is 9.70. The van der Waals surface area contributed by atoms with Crippen molar-refractivity contribution in [2.45, 2.75) is 40.0 Å². The van der Waals surface area contributed by atoms with E-state index in [2.05, 4.69) is 19.9 Å². The molecular formula is C20H22O3. The van der Waals surface area contributed by atoms with Crippen LogP contribution in [0.25, 0.3) is 0 Å². The van der Waals surface area contributed by atoms with Crippen LogP contribution in [0, 0.1) is 17.3 Å². The van der Waals surface area contributed by atoms with Gasteiger partial charge in [-0.2, -0.15) is 0 Å². The highest BCUT2D eigenvalue weighted by atomic mass is 16.5. The van der Waals surface area contributed by atoms with Crippen LogP contribution in [0.4, 0.5) is 0 Å². The minimum Gasteiger partial charge on any atom is -0.492 e. The van der Waals surface area contributed by atoms with E-state index in [4.69, 9.17) is 4.74 Å². The van der Waals surface area contributed by atoms with Crippen LogP contribution in [-0.2, 0) is 14.3 Å². The van der Waals surface area contributed by atoms with Crippen LogP contribution in [0.15, 0.2) is 46.3 Å². The Kier molecular flexibility index (Phi) is 3.06. The molecule has 0 amide bonds. The summed E-state index contributed by atoms with van der Waals surface area (Å²) in [5, 5.41) is 0. The molecule has 1 saturated carbocycles. The van der Waals surface area contributed by atoms with E-state index < -0.39 is 5.92 Å². The fraction of sp³-hybridized carbons (Fsp3) is 0.500. The Morgan fingerprint density at radius 2 is 2.00 bits per heavy atom. The maximum Gasteiger partial charge on any atom is 0.229 e. The first kappa shape index (κ1) is 14.7. The van der Waals surface area contributed by atoms with Gasteiger partial charge in [-0.25, -0.2) is 0 Å². The molecular weight excluding hydrogens is 288 g/mol. The molecule has 1 heterocycles. The number of carbonyl (C=O) groups excluding carboxylic acids is 2. The van der Waals surface area contributed by atoms with Crippen LogP contribution >= 0.6 is 0 Å². The Morgan fingerprint density at radius 1 is 1.22 bits per heavy atom. The molecule has 1 aliphatic heterocycles. The van der Waals surface area contributed by atoms with Gasteiger partial charge in [0.05, 0.1) is 18.1 Å². The molecule has 1 fully saturated rings. The smallest absolute Gasteiger partial charge is 0.229 e. The van der Waals surface area contributed by atoms with Crippen molar-refractivity contribution in [2.75, 3.05) is 6.61 Å². The molecule has 0 saturated heterocycles. The molecule has 0 radical (unpaired) electrons. The van der Waals surface area contributed by atoms with Crippen molar-refractivity contribution in [3.8, 4) is 0 Å². The van der Waals surface area contributed by atoms with Gasteiger partial charge in [0.15, 0.2) is 0 Å². The normalized spacial score (nSPS) is 32.0. The third-order valence-electron chi connectivity index (χ3n) is 5.68. The Hall–Kier alpha value is -1.90. The first-order valence-electron chi connectivity index (χ1n) is 8.49. The van der Waals surface area contributed by atoms with Gasteiger partial charge in [0.25, 0.3) is 0 Å². The molecule has 0 aromatic heterocycles. The monoisotopic (exact) mass is 310 g/mol. The molecule has 3 heteroatoms. The fourth-order valence-corrected chi connectivity index (χ4v) is 4.37. The van der Waals surface area contributed by atoms with E-state index in [-0.39, 0.29) is 22.9 Å². The van der Waals surface area contributed by atoms with Crippen molar-refractivity contribution in [1.29, 1.82) is 0 Å². The molecule has 0 aromatic rings. The summed E-state index contributed by atoms with van der Waals surface area (Å²) >= 11 is 0. The third-order valence-corrected chi connectivity index (χ3v) is 5.68. The van der Waals surface area contributed by atoms with E-state index >= 15 is 0 Å². The van der Waals surface area contributed by atoms with E-state index in [0.717, 1.165) is 24.8 Å². The van der Waals surface area contributed by atoms with Gasteiger partial charge in [-0.3, -0.25) is 9.59 Å². The van der Waals surface area contributed by atoms with Crippen LogP contribution in [-0.4, -0.2) is 18.2 Å². The molecule has 4 aliphatic rings. The number of ether oxygens (including phenoxy) is 1. The average molecular weight is 310 g/mol. The van der Waals surface area contributed by atoms with Crippen molar-refractivity contribution in [3.05, 3.63) is 46.3 Å². The summed E-state index contributed by atoms with van der Waals surface area (Å²) in [5.41, 5.74) is 4.10. The van der Waals surface area contributed by atoms with Crippen LogP contribution in [0.5, 0.6) is 0 Å². The standard InChI is InChI=1S/C20H22O3/c1-11-10-23-19-13-6-7-15-12(5-4-8-20(15,2)3)9-14(13)17(21)18(22)16(11)19/h6-7,9,11,14H,4-5,8,10H2,1-3H3. The fourth-order valence-electron chi connectivity index (χ4n) is 4.37.